The van der Waals surface area contributed by atoms with Crippen LogP contribution in [0.3, 0.4) is 0 Å². The molecule has 2 bridgehead atoms. The van der Waals surface area contributed by atoms with Crippen LogP contribution >= 0.6 is 0 Å². The van der Waals surface area contributed by atoms with Gasteiger partial charge in [-0.25, -0.2) is 0 Å². The number of fused-ring (bicyclic) bond motifs is 2. The van der Waals surface area contributed by atoms with Gasteiger partial charge >= 0.3 is 5.97 Å². The number of hydrogen-bond acceptors (Lipinski definition) is 5. The molecule has 2 aliphatic rings. The Labute approximate surface area is 171 Å². The fraction of sp³-hybridized carbons (Fsp3) is 0.238. The molecule has 0 aliphatic heterocycles. The number of carboxylic acid groups (broad SMARTS) is 1. The first-order valence-corrected chi connectivity index (χ1v) is 9.40. The van der Waals surface area contributed by atoms with E-state index in [0.29, 0.717) is 12.1 Å². The van der Waals surface area contributed by atoms with Crippen LogP contribution in [-0.2, 0) is 9.59 Å². The molecule has 2 aromatic rings. The van der Waals surface area contributed by atoms with E-state index < -0.39 is 35.5 Å². The Balaban J connectivity index is 1.33. The molecule has 2 aliphatic carbocycles. The molecule has 9 heteroatoms. The standard InChI is InChI=1S/C21H19N3O6/c25-18(11-5-7-14(8-6-11)22-19(26)15-2-1-9-30-15)23-24-20(27)16-12-3-4-13(10-12)17(16)21(28)29/h1-9,12-13,16-17H,10H2,(H,22,26)(H,23,25)(H,24,27)(H,28,29)/t12-,13-,16+,17-/m0/s1. The summed E-state index contributed by atoms with van der Waals surface area (Å²) < 4.78 is 5.01. The summed E-state index contributed by atoms with van der Waals surface area (Å²) in [7, 11) is 0. The van der Waals surface area contributed by atoms with Gasteiger partial charge < -0.3 is 14.8 Å². The van der Waals surface area contributed by atoms with Gasteiger partial charge in [-0.3, -0.25) is 30.0 Å². The predicted molar refractivity (Wildman–Crippen MR) is 104 cm³/mol. The second-order valence-electron chi connectivity index (χ2n) is 7.29. The van der Waals surface area contributed by atoms with Crippen molar-refractivity contribution in [3.8, 4) is 0 Å². The van der Waals surface area contributed by atoms with Crippen molar-refractivity contribution in [2.75, 3.05) is 5.32 Å². The third-order valence-electron chi connectivity index (χ3n) is 5.50. The number of carbonyl (C=O) groups is 4. The van der Waals surface area contributed by atoms with Gasteiger partial charge in [-0.05, 0) is 54.7 Å². The van der Waals surface area contributed by atoms with Crippen LogP contribution in [0, 0.1) is 23.7 Å². The number of hydrogen-bond donors (Lipinski definition) is 4. The summed E-state index contributed by atoms with van der Waals surface area (Å²) >= 11 is 0. The van der Waals surface area contributed by atoms with E-state index in [9.17, 15) is 24.3 Å². The zero-order valence-corrected chi connectivity index (χ0v) is 15.7. The summed E-state index contributed by atoms with van der Waals surface area (Å²) in [4.78, 5) is 48.3. The Kier molecular flexibility index (Phi) is 5.09. The molecule has 0 saturated heterocycles. The minimum absolute atomic E-state index is 0.134. The molecule has 1 aromatic carbocycles. The maximum Gasteiger partial charge on any atom is 0.307 e. The zero-order valence-electron chi connectivity index (χ0n) is 15.7. The number of nitrogens with one attached hydrogen (secondary N) is 3. The molecule has 0 unspecified atom stereocenters. The van der Waals surface area contributed by atoms with Gasteiger partial charge in [0.1, 0.15) is 0 Å². The highest BCUT2D eigenvalue weighted by atomic mass is 16.4. The summed E-state index contributed by atoms with van der Waals surface area (Å²) in [6, 6.07) is 9.18. The number of anilines is 1. The average Bonchev–Trinajstić information content (AvgIpc) is 3.49. The topological polar surface area (TPSA) is 138 Å². The van der Waals surface area contributed by atoms with E-state index in [-0.39, 0.29) is 23.2 Å². The number of carboxylic acids is 1. The van der Waals surface area contributed by atoms with Crippen LogP contribution in [0.4, 0.5) is 5.69 Å². The number of hydrazine groups is 1. The van der Waals surface area contributed by atoms with Crippen LogP contribution < -0.4 is 16.2 Å². The Morgan fingerprint density at radius 3 is 2.23 bits per heavy atom. The zero-order chi connectivity index (χ0) is 21.3. The number of aliphatic carboxylic acids is 1. The molecule has 3 amide bonds. The lowest BCUT2D eigenvalue weighted by Crippen LogP contribution is -2.48. The van der Waals surface area contributed by atoms with Gasteiger partial charge in [0.25, 0.3) is 11.8 Å². The number of rotatable bonds is 5. The van der Waals surface area contributed by atoms with Gasteiger partial charge in [-0.15, -0.1) is 0 Å². The summed E-state index contributed by atoms with van der Waals surface area (Å²) in [5.41, 5.74) is 5.39. The third kappa shape index (κ3) is 3.69. The molecular formula is C21H19N3O6. The maximum absolute atomic E-state index is 12.5. The van der Waals surface area contributed by atoms with Crippen molar-refractivity contribution < 1.29 is 28.7 Å². The number of carbonyl (C=O) groups excluding carboxylic acids is 3. The van der Waals surface area contributed by atoms with Gasteiger partial charge in [0.2, 0.25) is 5.91 Å². The first-order valence-electron chi connectivity index (χ1n) is 9.40. The Hall–Kier alpha value is -3.88. The molecule has 1 heterocycles. The Bertz CT molecular complexity index is 1010. The van der Waals surface area contributed by atoms with E-state index in [4.69, 9.17) is 4.42 Å². The maximum atomic E-state index is 12.5. The van der Waals surface area contributed by atoms with Gasteiger partial charge in [-0.1, -0.05) is 12.2 Å². The van der Waals surface area contributed by atoms with E-state index in [2.05, 4.69) is 16.2 Å². The minimum Gasteiger partial charge on any atom is -0.481 e. The highest BCUT2D eigenvalue weighted by Gasteiger charge is 2.51. The smallest absolute Gasteiger partial charge is 0.307 e. The van der Waals surface area contributed by atoms with Crippen molar-refractivity contribution in [2.24, 2.45) is 23.7 Å². The predicted octanol–water partition coefficient (Wildman–Crippen LogP) is 1.82. The van der Waals surface area contributed by atoms with Gasteiger partial charge in [0.05, 0.1) is 18.1 Å². The largest absolute Gasteiger partial charge is 0.481 e. The lowest BCUT2D eigenvalue weighted by Gasteiger charge is -2.23. The Morgan fingerprint density at radius 2 is 1.60 bits per heavy atom. The molecule has 9 nitrogen and oxygen atoms in total. The summed E-state index contributed by atoms with van der Waals surface area (Å²) in [5.74, 6) is -4.12. The second-order valence-corrected chi connectivity index (χ2v) is 7.29. The van der Waals surface area contributed by atoms with Crippen LogP contribution in [0.1, 0.15) is 27.3 Å². The molecule has 1 aromatic heterocycles. The van der Waals surface area contributed by atoms with Crippen molar-refractivity contribution >= 4 is 29.4 Å². The quantitative estimate of drug-likeness (QED) is 0.439. The highest BCUT2D eigenvalue weighted by molar-refractivity contribution is 6.02. The second kappa shape index (κ2) is 7.86. The van der Waals surface area contributed by atoms with Crippen molar-refractivity contribution in [2.45, 2.75) is 6.42 Å². The molecule has 0 spiro atoms. The normalized spacial score (nSPS) is 23.7. The molecule has 30 heavy (non-hydrogen) atoms. The van der Waals surface area contributed by atoms with E-state index in [0.717, 1.165) is 0 Å². The molecule has 4 N–H and O–H groups in total. The minimum atomic E-state index is -1.01. The van der Waals surface area contributed by atoms with Gasteiger partial charge in [0, 0.05) is 11.3 Å². The summed E-state index contributed by atoms with van der Waals surface area (Å²) in [5, 5.41) is 12.1. The third-order valence-corrected chi connectivity index (χ3v) is 5.50. The van der Waals surface area contributed by atoms with Crippen molar-refractivity contribution in [3.05, 3.63) is 66.1 Å². The van der Waals surface area contributed by atoms with E-state index in [1.54, 1.807) is 18.2 Å². The van der Waals surface area contributed by atoms with Crippen molar-refractivity contribution in [3.63, 3.8) is 0 Å². The lowest BCUT2D eigenvalue weighted by molar-refractivity contribution is -0.148. The summed E-state index contributed by atoms with van der Waals surface area (Å²) in [6.45, 7) is 0. The molecule has 4 rings (SSSR count). The SMILES string of the molecule is O=C(NNC(=O)[C@H]1[C@@H](C(=O)O)[C@H]2C=C[C@H]1C2)c1ccc(NC(=O)c2ccco2)cc1. The lowest BCUT2D eigenvalue weighted by atomic mass is 9.82. The number of furan rings is 1. The molecule has 1 saturated carbocycles. The molecule has 0 radical (unpaired) electrons. The van der Waals surface area contributed by atoms with Crippen molar-refractivity contribution in [1.29, 1.82) is 0 Å². The number of allylic oxidation sites excluding steroid dienone is 2. The molecule has 154 valence electrons. The average molecular weight is 409 g/mol. The number of benzene rings is 1. The number of amides is 3. The van der Waals surface area contributed by atoms with Gasteiger partial charge in [-0.2, -0.15) is 0 Å². The van der Waals surface area contributed by atoms with Gasteiger partial charge in [0.15, 0.2) is 5.76 Å². The van der Waals surface area contributed by atoms with Crippen LogP contribution in [0.15, 0.2) is 59.2 Å². The fourth-order valence-electron chi connectivity index (χ4n) is 4.10. The van der Waals surface area contributed by atoms with Crippen molar-refractivity contribution in [1.82, 2.24) is 10.9 Å². The van der Waals surface area contributed by atoms with Crippen LogP contribution in [0.2, 0.25) is 0 Å². The first-order chi connectivity index (χ1) is 14.4. The summed E-state index contributed by atoms with van der Waals surface area (Å²) in [6.07, 6.45) is 5.74. The Morgan fingerprint density at radius 1 is 0.900 bits per heavy atom. The highest BCUT2D eigenvalue weighted by Crippen LogP contribution is 2.48. The van der Waals surface area contributed by atoms with Crippen LogP contribution in [-0.4, -0.2) is 28.8 Å². The fourth-order valence-corrected chi connectivity index (χ4v) is 4.10. The molecular weight excluding hydrogens is 390 g/mol. The van der Waals surface area contributed by atoms with E-state index >= 15 is 0 Å². The monoisotopic (exact) mass is 409 g/mol. The van der Waals surface area contributed by atoms with Crippen LogP contribution in [0.5, 0.6) is 0 Å². The van der Waals surface area contributed by atoms with Crippen LogP contribution in [0.25, 0.3) is 0 Å². The first kappa shape index (κ1) is 19.4. The molecule has 4 atom stereocenters. The van der Waals surface area contributed by atoms with E-state index in [1.807, 2.05) is 12.2 Å². The molecule has 1 fully saturated rings. The van der Waals surface area contributed by atoms with E-state index in [1.165, 1.54) is 24.5 Å².